The number of carbonyl (C=O) groups excluding carboxylic acids is 1. The molecule has 7 nitrogen and oxygen atoms in total. The van der Waals surface area contributed by atoms with Crippen molar-refractivity contribution in [2.75, 3.05) is 0 Å². The summed E-state index contributed by atoms with van der Waals surface area (Å²) in [7, 11) is -4.47. The molecule has 8 heteroatoms. The molecule has 174 valence electrons. The normalized spacial score (nSPS) is 13.0. The van der Waals surface area contributed by atoms with Crippen LogP contribution in [0.2, 0.25) is 0 Å². The number of carbonyl (C=O) groups is 2. The largest absolute Gasteiger partial charge is 0.480 e. The lowest BCUT2D eigenvalue weighted by molar-refractivity contribution is -0.135. The predicted molar refractivity (Wildman–Crippen MR) is 125 cm³/mol. The summed E-state index contributed by atoms with van der Waals surface area (Å²) in [6.45, 7) is 9.86. The quantitative estimate of drug-likeness (QED) is 0.416. The zero-order valence-electron chi connectivity index (χ0n) is 19.4. The Morgan fingerprint density at radius 1 is 1.00 bits per heavy atom. The number of hydrogen-bond donors (Lipinski definition) is 1. The highest BCUT2D eigenvalue weighted by Crippen LogP contribution is 2.26. The average Bonchev–Trinajstić information content (AvgIpc) is 3.15. The van der Waals surface area contributed by atoms with Crippen LogP contribution in [0.3, 0.4) is 0 Å². The first-order valence-corrected chi connectivity index (χ1v) is 12.1. The summed E-state index contributed by atoms with van der Waals surface area (Å²) in [5, 5.41) is 12.1. The first kappa shape index (κ1) is 24.4. The Labute approximate surface area is 194 Å². The zero-order chi connectivity index (χ0) is 24.6. The molecule has 3 aromatic rings. The minimum Gasteiger partial charge on any atom is -0.480 e. The first-order valence-electron chi connectivity index (χ1n) is 10.5. The molecule has 0 fully saturated rings. The van der Waals surface area contributed by atoms with E-state index in [1.54, 1.807) is 6.07 Å². The molecular weight excluding hydrogens is 440 g/mol. The summed E-state index contributed by atoms with van der Waals surface area (Å²) >= 11 is 0. The van der Waals surface area contributed by atoms with Crippen molar-refractivity contribution < 1.29 is 23.1 Å². The molecule has 3 rings (SSSR count). The van der Waals surface area contributed by atoms with Crippen LogP contribution in [0.1, 0.15) is 53.6 Å². The number of carboxylic acid groups (broad SMARTS) is 1. The van der Waals surface area contributed by atoms with Gasteiger partial charge in [-0.1, -0.05) is 57.2 Å². The van der Waals surface area contributed by atoms with E-state index < -0.39 is 32.3 Å². The van der Waals surface area contributed by atoms with Gasteiger partial charge in [0.05, 0.1) is 17.1 Å². The van der Waals surface area contributed by atoms with Crippen LogP contribution in [-0.2, 0) is 26.6 Å². The number of aliphatic carboxylic acids is 1. The van der Waals surface area contributed by atoms with Gasteiger partial charge in [0.1, 0.15) is 5.69 Å². The van der Waals surface area contributed by atoms with E-state index in [2.05, 4.69) is 5.10 Å². The van der Waals surface area contributed by atoms with Gasteiger partial charge in [0.15, 0.2) is 9.84 Å². The second-order valence-electron chi connectivity index (χ2n) is 9.13. The third-order valence-corrected chi connectivity index (χ3v) is 7.56. The van der Waals surface area contributed by atoms with Crippen LogP contribution in [0.5, 0.6) is 0 Å². The standard InChI is InChI=1S/C25H28N2O5S/c1-16-10-9-11-17(2)19(16)15-27-20(14-21(26-27)25(3,4)5)22(28)23(24(29)30)33(31,32)18-12-7-6-8-13-18/h6-14,23H,15H2,1-5H3,(H,29,30). The van der Waals surface area contributed by atoms with E-state index in [1.165, 1.54) is 35.0 Å². The Morgan fingerprint density at radius 3 is 2.09 bits per heavy atom. The van der Waals surface area contributed by atoms with Crippen molar-refractivity contribution in [3.63, 3.8) is 0 Å². The first-order chi connectivity index (χ1) is 15.3. The summed E-state index contributed by atoms with van der Waals surface area (Å²) in [4.78, 5) is 25.4. The molecule has 0 bridgehead atoms. The van der Waals surface area contributed by atoms with Gasteiger partial charge in [0, 0.05) is 5.41 Å². The maximum Gasteiger partial charge on any atom is 0.330 e. The number of carboxylic acids is 1. The number of hydrogen-bond acceptors (Lipinski definition) is 5. The van der Waals surface area contributed by atoms with E-state index in [0.717, 1.165) is 16.7 Å². The summed E-state index contributed by atoms with van der Waals surface area (Å²) in [6, 6.07) is 14.5. The van der Waals surface area contributed by atoms with Crippen LogP contribution >= 0.6 is 0 Å². The van der Waals surface area contributed by atoms with Gasteiger partial charge in [-0.2, -0.15) is 5.10 Å². The molecular formula is C25H28N2O5S. The maximum absolute atomic E-state index is 13.5. The average molecular weight is 469 g/mol. The predicted octanol–water partition coefficient (Wildman–Crippen LogP) is 3.96. The van der Waals surface area contributed by atoms with Crippen molar-refractivity contribution in [3.05, 3.63) is 82.7 Å². The molecule has 1 N–H and O–H groups in total. The third kappa shape index (κ3) is 4.90. The Morgan fingerprint density at radius 2 is 1.58 bits per heavy atom. The monoisotopic (exact) mass is 468 g/mol. The Kier molecular flexibility index (Phi) is 6.61. The Balaban J connectivity index is 2.16. The van der Waals surface area contributed by atoms with E-state index in [4.69, 9.17) is 0 Å². The zero-order valence-corrected chi connectivity index (χ0v) is 20.2. The highest BCUT2D eigenvalue weighted by molar-refractivity contribution is 7.93. The SMILES string of the molecule is Cc1cccc(C)c1Cn1nc(C(C)(C)C)cc1C(=O)C(C(=O)O)S(=O)(=O)c1ccccc1. The minimum atomic E-state index is -4.47. The number of sulfone groups is 1. The summed E-state index contributed by atoms with van der Waals surface area (Å²) < 4.78 is 27.7. The van der Waals surface area contributed by atoms with Crippen molar-refractivity contribution in [2.45, 2.75) is 56.7 Å². The molecule has 1 unspecified atom stereocenters. The fourth-order valence-electron chi connectivity index (χ4n) is 3.62. The highest BCUT2D eigenvalue weighted by atomic mass is 32.2. The topological polar surface area (TPSA) is 106 Å². The van der Waals surface area contributed by atoms with E-state index in [-0.39, 0.29) is 17.1 Å². The molecule has 0 saturated carbocycles. The van der Waals surface area contributed by atoms with Crippen LogP contribution in [-0.4, -0.2) is 40.3 Å². The molecule has 0 amide bonds. The van der Waals surface area contributed by atoms with E-state index in [0.29, 0.717) is 5.69 Å². The number of aryl methyl sites for hydroxylation is 2. The summed E-state index contributed by atoms with van der Waals surface area (Å²) in [5.74, 6) is -2.73. The van der Waals surface area contributed by atoms with Gasteiger partial charge in [-0.3, -0.25) is 14.3 Å². The fraction of sp³-hybridized carbons (Fsp3) is 0.320. The molecule has 0 radical (unpaired) electrons. The molecule has 1 atom stereocenters. The van der Waals surface area contributed by atoms with Crippen molar-refractivity contribution in [1.82, 2.24) is 9.78 Å². The number of Topliss-reactive ketones (excluding diaryl/α,β-unsaturated/α-hetero) is 1. The third-order valence-electron chi connectivity index (χ3n) is 5.60. The Bertz CT molecular complexity index is 1280. The van der Waals surface area contributed by atoms with Crippen LogP contribution in [0, 0.1) is 13.8 Å². The van der Waals surface area contributed by atoms with Gasteiger partial charge < -0.3 is 5.11 Å². The number of benzene rings is 2. The smallest absolute Gasteiger partial charge is 0.330 e. The van der Waals surface area contributed by atoms with Gasteiger partial charge in [-0.05, 0) is 48.7 Å². The fourth-order valence-corrected chi connectivity index (χ4v) is 5.09. The number of ketones is 1. The molecule has 1 heterocycles. The molecule has 0 aliphatic heterocycles. The lowest BCUT2D eigenvalue weighted by Gasteiger charge is -2.16. The molecule has 0 spiro atoms. The van der Waals surface area contributed by atoms with Gasteiger partial charge in [-0.25, -0.2) is 8.42 Å². The lowest BCUT2D eigenvalue weighted by Crippen LogP contribution is -2.39. The van der Waals surface area contributed by atoms with Crippen molar-refractivity contribution in [3.8, 4) is 0 Å². The van der Waals surface area contributed by atoms with Gasteiger partial charge in [0.2, 0.25) is 11.0 Å². The molecule has 0 aliphatic rings. The van der Waals surface area contributed by atoms with Crippen molar-refractivity contribution in [2.24, 2.45) is 0 Å². The van der Waals surface area contributed by atoms with E-state index in [9.17, 15) is 23.1 Å². The molecule has 0 aliphatic carbocycles. The molecule has 1 aromatic heterocycles. The van der Waals surface area contributed by atoms with E-state index in [1.807, 2.05) is 52.8 Å². The second-order valence-corrected chi connectivity index (χ2v) is 11.2. The van der Waals surface area contributed by atoms with Crippen molar-refractivity contribution >= 4 is 21.6 Å². The van der Waals surface area contributed by atoms with Gasteiger partial charge in [-0.15, -0.1) is 0 Å². The Hall–Kier alpha value is -3.26. The lowest BCUT2D eigenvalue weighted by atomic mass is 9.92. The second kappa shape index (κ2) is 8.94. The molecule has 0 saturated heterocycles. The van der Waals surface area contributed by atoms with Crippen LogP contribution in [0.25, 0.3) is 0 Å². The van der Waals surface area contributed by atoms with Crippen LogP contribution in [0.15, 0.2) is 59.5 Å². The van der Waals surface area contributed by atoms with E-state index >= 15 is 0 Å². The maximum atomic E-state index is 13.5. The van der Waals surface area contributed by atoms with Crippen LogP contribution in [0.4, 0.5) is 0 Å². The van der Waals surface area contributed by atoms with Gasteiger partial charge >= 0.3 is 5.97 Å². The van der Waals surface area contributed by atoms with Gasteiger partial charge in [0.25, 0.3) is 0 Å². The number of rotatable bonds is 7. The number of nitrogens with zero attached hydrogens (tertiary/aromatic N) is 2. The minimum absolute atomic E-state index is 0.0468. The summed E-state index contributed by atoms with van der Waals surface area (Å²) in [5.41, 5.74) is 3.01. The van der Waals surface area contributed by atoms with Crippen LogP contribution < -0.4 is 0 Å². The molecule has 2 aromatic carbocycles. The summed E-state index contributed by atoms with van der Waals surface area (Å²) in [6.07, 6.45) is 0. The highest BCUT2D eigenvalue weighted by Gasteiger charge is 2.42. The van der Waals surface area contributed by atoms with Crippen molar-refractivity contribution in [1.29, 1.82) is 0 Å². The molecule has 33 heavy (non-hydrogen) atoms. The number of aromatic nitrogens is 2.